The molecule has 0 aliphatic heterocycles. The van der Waals surface area contributed by atoms with Crippen LogP contribution < -0.4 is 10.5 Å². The Morgan fingerprint density at radius 2 is 1.84 bits per heavy atom. The van der Waals surface area contributed by atoms with Crippen molar-refractivity contribution in [2.24, 2.45) is 0 Å². The van der Waals surface area contributed by atoms with Crippen LogP contribution in [-0.4, -0.2) is 0 Å². The highest BCUT2D eigenvalue weighted by Gasteiger charge is 2.03. The van der Waals surface area contributed by atoms with Crippen molar-refractivity contribution in [3.05, 3.63) is 52.5 Å². The molecule has 0 aliphatic carbocycles. The summed E-state index contributed by atoms with van der Waals surface area (Å²) in [5.74, 6) is 1.50. The summed E-state index contributed by atoms with van der Waals surface area (Å²) >= 11 is 3.38. The second-order valence-corrected chi connectivity index (χ2v) is 5.45. The van der Waals surface area contributed by atoms with Gasteiger partial charge in [-0.15, -0.1) is 0 Å². The van der Waals surface area contributed by atoms with Crippen LogP contribution in [0.4, 0.5) is 5.69 Å². The first-order valence-corrected chi connectivity index (χ1v) is 7.30. The number of halogens is 1. The standard InChI is InChI=1S/C16H18BrNO/c1-2-3-4-12-5-8-14(9-6-12)19-16-10-7-13(17)11-15(16)18/h5-11H,2-4,18H2,1H3. The van der Waals surface area contributed by atoms with Crippen molar-refractivity contribution >= 4 is 21.6 Å². The number of ether oxygens (including phenoxy) is 1. The predicted octanol–water partition coefficient (Wildman–Crippen LogP) is 5.17. The number of aryl methyl sites for hydroxylation is 1. The molecule has 2 N–H and O–H groups in total. The normalized spacial score (nSPS) is 10.4. The van der Waals surface area contributed by atoms with Gasteiger partial charge in [-0.05, 0) is 48.7 Å². The average molecular weight is 320 g/mol. The van der Waals surface area contributed by atoms with Gasteiger partial charge in [0, 0.05) is 4.47 Å². The molecule has 2 aromatic carbocycles. The molecule has 0 heterocycles. The molecule has 0 amide bonds. The van der Waals surface area contributed by atoms with Gasteiger partial charge in [-0.1, -0.05) is 41.4 Å². The molecule has 2 aromatic rings. The fourth-order valence-electron chi connectivity index (χ4n) is 1.84. The highest BCUT2D eigenvalue weighted by atomic mass is 79.9. The smallest absolute Gasteiger partial charge is 0.150 e. The third kappa shape index (κ3) is 4.00. The molecule has 0 spiro atoms. The van der Waals surface area contributed by atoms with Crippen LogP contribution in [0.1, 0.15) is 25.3 Å². The molecule has 0 fully saturated rings. The molecule has 0 atom stereocenters. The molecule has 0 unspecified atom stereocenters. The second kappa shape index (κ2) is 6.62. The molecule has 0 aliphatic rings. The van der Waals surface area contributed by atoms with E-state index in [9.17, 15) is 0 Å². The molecule has 100 valence electrons. The first kappa shape index (κ1) is 13.9. The summed E-state index contributed by atoms with van der Waals surface area (Å²) in [5, 5.41) is 0. The Morgan fingerprint density at radius 1 is 1.11 bits per heavy atom. The van der Waals surface area contributed by atoms with Gasteiger partial charge in [0.2, 0.25) is 0 Å². The summed E-state index contributed by atoms with van der Waals surface area (Å²) in [7, 11) is 0. The Kier molecular flexibility index (Phi) is 4.86. The van der Waals surface area contributed by atoms with E-state index in [0.717, 1.165) is 16.6 Å². The summed E-state index contributed by atoms with van der Waals surface area (Å²) in [6.45, 7) is 2.20. The van der Waals surface area contributed by atoms with Gasteiger partial charge in [0.25, 0.3) is 0 Å². The van der Waals surface area contributed by atoms with Gasteiger partial charge < -0.3 is 10.5 Å². The minimum atomic E-state index is 0.629. The number of anilines is 1. The maximum Gasteiger partial charge on any atom is 0.150 e. The highest BCUT2D eigenvalue weighted by Crippen LogP contribution is 2.30. The lowest BCUT2D eigenvalue weighted by Gasteiger charge is -2.09. The molecule has 0 saturated heterocycles. The molecule has 0 aromatic heterocycles. The summed E-state index contributed by atoms with van der Waals surface area (Å²) < 4.78 is 6.73. The molecule has 2 nitrogen and oxygen atoms in total. The van der Waals surface area contributed by atoms with Crippen LogP contribution in [0.5, 0.6) is 11.5 Å². The molecular formula is C16H18BrNO. The first-order valence-electron chi connectivity index (χ1n) is 6.51. The van der Waals surface area contributed by atoms with Crippen LogP contribution in [0.25, 0.3) is 0 Å². The molecule has 19 heavy (non-hydrogen) atoms. The van der Waals surface area contributed by atoms with Gasteiger partial charge in [-0.2, -0.15) is 0 Å². The number of rotatable bonds is 5. The van der Waals surface area contributed by atoms with Gasteiger partial charge in [-0.3, -0.25) is 0 Å². The van der Waals surface area contributed by atoms with Crippen molar-refractivity contribution < 1.29 is 4.74 Å². The van der Waals surface area contributed by atoms with Crippen molar-refractivity contribution in [3.63, 3.8) is 0 Å². The number of hydrogen-bond acceptors (Lipinski definition) is 2. The van der Waals surface area contributed by atoms with Gasteiger partial charge in [0.05, 0.1) is 5.69 Å². The minimum absolute atomic E-state index is 0.629. The fraction of sp³-hybridized carbons (Fsp3) is 0.250. The zero-order valence-corrected chi connectivity index (χ0v) is 12.6. The molecule has 3 heteroatoms. The maximum absolute atomic E-state index is 5.91. The monoisotopic (exact) mass is 319 g/mol. The number of unbranched alkanes of at least 4 members (excludes halogenated alkanes) is 1. The number of benzene rings is 2. The number of hydrogen-bond donors (Lipinski definition) is 1. The Morgan fingerprint density at radius 3 is 2.47 bits per heavy atom. The average Bonchev–Trinajstić information content (AvgIpc) is 2.41. The predicted molar refractivity (Wildman–Crippen MR) is 83.7 cm³/mol. The van der Waals surface area contributed by atoms with E-state index in [0.29, 0.717) is 11.4 Å². The van der Waals surface area contributed by atoms with Gasteiger partial charge >= 0.3 is 0 Å². The highest BCUT2D eigenvalue weighted by molar-refractivity contribution is 9.10. The van der Waals surface area contributed by atoms with E-state index in [1.54, 1.807) is 0 Å². The Bertz CT molecular complexity index is 537. The van der Waals surface area contributed by atoms with Crippen LogP contribution >= 0.6 is 15.9 Å². The van der Waals surface area contributed by atoms with E-state index in [-0.39, 0.29) is 0 Å². The van der Waals surface area contributed by atoms with Crippen molar-refractivity contribution in [2.45, 2.75) is 26.2 Å². The lowest BCUT2D eigenvalue weighted by molar-refractivity contribution is 0.484. The van der Waals surface area contributed by atoms with Crippen LogP contribution in [0.3, 0.4) is 0 Å². The number of nitrogens with two attached hydrogens (primary N) is 1. The Balaban J connectivity index is 2.06. The van der Waals surface area contributed by atoms with E-state index in [1.807, 2.05) is 30.3 Å². The summed E-state index contributed by atoms with van der Waals surface area (Å²) in [4.78, 5) is 0. The Hall–Kier alpha value is -1.48. The third-order valence-corrected chi connectivity index (χ3v) is 3.44. The SMILES string of the molecule is CCCCc1ccc(Oc2ccc(Br)cc2N)cc1. The van der Waals surface area contributed by atoms with E-state index in [1.165, 1.54) is 18.4 Å². The van der Waals surface area contributed by atoms with E-state index < -0.39 is 0 Å². The van der Waals surface area contributed by atoms with Crippen LogP contribution in [0.15, 0.2) is 46.9 Å². The summed E-state index contributed by atoms with van der Waals surface area (Å²) in [6, 6.07) is 13.8. The molecule has 2 rings (SSSR count). The van der Waals surface area contributed by atoms with Crippen LogP contribution in [-0.2, 0) is 6.42 Å². The lowest BCUT2D eigenvalue weighted by Crippen LogP contribution is -1.92. The maximum atomic E-state index is 5.91. The molecule has 0 saturated carbocycles. The molecule has 0 radical (unpaired) electrons. The first-order chi connectivity index (χ1) is 9.19. The van der Waals surface area contributed by atoms with Crippen molar-refractivity contribution in [2.75, 3.05) is 5.73 Å². The van der Waals surface area contributed by atoms with Crippen LogP contribution in [0.2, 0.25) is 0 Å². The molecular weight excluding hydrogens is 302 g/mol. The summed E-state index contributed by atoms with van der Waals surface area (Å²) in [5.41, 5.74) is 7.88. The van der Waals surface area contributed by atoms with Gasteiger partial charge in [0.1, 0.15) is 11.5 Å². The quantitative estimate of drug-likeness (QED) is 0.772. The van der Waals surface area contributed by atoms with Crippen LogP contribution in [0, 0.1) is 0 Å². The lowest BCUT2D eigenvalue weighted by atomic mass is 10.1. The van der Waals surface area contributed by atoms with E-state index in [2.05, 4.69) is 35.0 Å². The second-order valence-electron chi connectivity index (χ2n) is 4.53. The van der Waals surface area contributed by atoms with E-state index >= 15 is 0 Å². The van der Waals surface area contributed by atoms with Gasteiger partial charge in [0.15, 0.2) is 0 Å². The topological polar surface area (TPSA) is 35.2 Å². The largest absolute Gasteiger partial charge is 0.455 e. The van der Waals surface area contributed by atoms with Crippen molar-refractivity contribution in [1.29, 1.82) is 0 Å². The fourth-order valence-corrected chi connectivity index (χ4v) is 2.22. The Labute approximate surface area is 122 Å². The number of nitrogen functional groups attached to an aromatic ring is 1. The summed E-state index contributed by atoms with van der Waals surface area (Å²) in [6.07, 6.45) is 3.56. The zero-order valence-electron chi connectivity index (χ0n) is 11.0. The minimum Gasteiger partial charge on any atom is -0.455 e. The van der Waals surface area contributed by atoms with Crippen molar-refractivity contribution in [1.82, 2.24) is 0 Å². The van der Waals surface area contributed by atoms with Crippen molar-refractivity contribution in [3.8, 4) is 11.5 Å². The van der Waals surface area contributed by atoms with Gasteiger partial charge in [-0.25, -0.2) is 0 Å². The molecule has 0 bridgehead atoms. The van der Waals surface area contributed by atoms with E-state index in [4.69, 9.17) is 10.5 Å². The zero-order chi connectivity index (χ0) is 13.7. The third-order valence-electron chi connectivity index (χ3n) is 2.94.